The van der Waals surface area contributed by atoms with E-state index in [0.717, 1.165) is 18.5 Å². The second kappa shape index (κ2) is 4.25. The summed E-state index contributed by atoms with van der Waals surface area (Å²) in [5.41, 5.74) is -1.65. The van der Waals surface area contributed by atoms with E-state index in [-0.39, 0.29) is 11.3 Å². The van der Waals surface area contributed by atoms with Crippen molar-refractivity contribution >= 4 is 0 Å². The number of benzene rings is 1. The highest BCUT2D eigenvalue weighted by atomic mass is 19.4. The molecule has 94 valence electrons. The number of nitrogens with zero attached hydrogens (tertiary/aromatic N) is 1. The summed E-state index contributed by atoms with van der Waals surface area (Å²) >= 11 is 0. The highest BCUT2D eigenvalue weighted by molar-refractivity contribution is 5.59. The Morgan fingerprint density at radius 1 is 1.22 bits per heavy atom. The van der Waals surface area contributed by atoms with Crippen molar-refractivity contribution in [3.05, 3.63) is 52.3 Å². The summed E-state index contributed by atoms with van der Waals surface area (Å²) in [6, 6.07) is 2.52. The highest BCUT2D eigenvalue weighted by Gasteiger charge is 2.34. The molecule has 0 bridgehead atoms. The summed E-state index contributed by atoms with van der Waals surface area (Å²) in [6.45, 7) is 0. The first kappa shape index (κ1) is 12.3. The van der Waals surface area contributed by atoms with Crippen molar-refractivity contribution < 1.29 is 17.6 Å². The Labute approximate surface area is 98.1 Å². The van der Waals surface area contributed by atoms with Gasteiger partial charge in [0.05, 0.1) is 17.5 Å². The molecule has 1 aromatic carbocycles. The van der Waals surface area contributed by atoms with Gasteiger partial charge in [-0.2, -0.15) is 13.2 Å². The molecule has 1 heterocycles. The van der Waals surface area contributed by atoms with Gasteiger partial charge >= 0.3 is 6.18 Å². The van der Waals surface area contributed by atoms with Crippen molar-refractivity contribution in [2.24, 2.45) is 0 Å². The molecule has 1 N–H and O–H groups in total. The number of H-pyrrole nitrogens is 1. The number of nitrogens with one attached hydrogen (secondary N) is 1. The molecule has 0 radical (unpaired) electrons. The Bertz CT molecular complexity index is 613. The number of aromatic amines is 1. The lowest BCUT2D eigenvalue weighted by Crippen LogP contribution is -2.09. The van der Waals surface area contributed by atoms with Crippen molar-refractivity contribution in [3.8, 4) is 11.3 Å². The molecule has 0 aliphatic rings. The van der Waals surface area contributed by atoms with Gasteiger partial charge in [0, 0.05) is 11.8 Å². The van der Waals surface area contributed by atoms with Crippen molar-refractivity contribution in [2.45, 2.75) is 6.18 Å². The fourth-order valence-corrected chi connectivity index (χ4v) is 1.40. The third kappa shape index (κ3) is 2.39. The average Bonchev–Trinajstić information content (AvgIpc) is 2.29. The number of halogens is 4. The molecule has 7 heteroatoms. The zero-order valence-electron chi connectivity index (χ0n) is 8.75. The molecule has 0 amide bonds. The molecular formula is C11H6F4N2O. The zero-order valence-corrected chi connectivity index (χ0v) is 8.75. The van der Waals surface area contributed by atoms with E-state index < -0.39 is 23.1 Å². The molecule has 0 unspecified atom stereocenters. The van der Waals surface area contributed by atoms with Gasteiger partial charge in [0.15, 0.2) is 0 Å². The van der Waals surface area contributed by atoms with Gasteiger partial charge in [-0.15, -0.1) is 0 Å². The summed E-state index contributed by atoms with van der Waals surface area (Å²) in [6.07, 6.45) is -2.68. The average molecular weight is 258 g/mol. The maximum absolute atomic E-state index is 13.0. The lowest BCUT2D eigenvalue weighted by Gasteiger charge is -2.09. The Morgan fingerprint density at radius 3 is 2.50 bits per heavy atom. The summed E-state index contributed by atoms with van der Waals surface area (Å²) < 4.78 is 50.5. The minimum atomic E-state index is -4.78. The van der Waals surface area contributed by atoms with Gasteiger partial charge in [-0.05, 0) is 18.2 Å². The lowest BCUT2D eigenvalue weighted by molar-refractivity contribution is -0.139. The van der Waals surface area contributed by atoms with Crippen molar-refractivity contribution in [1.82, 2.24) is 9.97 Å². The van der Waals surface area contributed by atoms with Gasteiger partial charge in [-0.25, -0.2) is 9.37 Å². The van der Waals surface area contributed by atoms with E-state index in [1.54, 1.807) is 0 Å². The molecule has 0 aliphatic heterocycles. The molecule has 1 aromatic heterocycles. The van der Waals surface area contributed by atoms with E-state index in [9.17, 15) is 22.4 Å². The number of aromatic nitrogens is 2. The van der Waals surface area contributed by atoms with E-state index >= 15 is 0 Å². The first-order valence-electron chi connectivity index (χ1n) is 4.80. The quantitative estimate of drug-likeness (QED) is 0.799. The van der Waals surface area contributed by atoms with Crippen LogP contribution in [0.3, 0.4) is 0 Å². The lowest BCUT2D eigenvalue weighted by atomic mass is 10.1. The third-order valence-electron chi connectivity index (χ3n) is 2.24. The molecule has 0 aliphatic carbocycles. The Kier molecular flexibility index (Phi) is 2.90. The third-order valence-corrected chi connectivity index (χ3v) is 2.24. The topological polar surface area (TPSA) is 45.8 Å². The van der Waals surface area contributed by atoms with Crippen LogP contribution in [-0.2, 0) is 6.18 Å². The van der Waals surface area contributed by atoms with E-state index in [0.29, 0.717) is 12.1 Å². The van der Waals surface area contributed by atoms with Crippen molar-refractivity contribution in [3.63, 3.8) is 0 Å². The van der Waals surface area contributed by atoms with Crippen LogP contribution in [0.1, 0.15) is 5.56 Å². The molecule has 0 atom stereocenters. The summed E-state index contributed by atoms with van der Waals surface area (Å²) in [5.74, 6) is -1.35. The Hall–Kier alpha value is -2.18. The van der Waals surface area contributed by atoms with Crippen LogP contribution in [0.5, 0.6) is 0 Å². The van der Waals surface area contributed by atoms with E-state index in [4.69, 9.17) is 0 Å². The predicted octanol–water partition coefficient (Wildman–Crippen LogP) is 2.59. The molecule has 2 rings (SSSR count). The van der Waals surface area contributed by atoms with Gasteiger partial charge in [0.2, 0.25) is 0 Å². The highest BCUT2D eigenvalue weighted by Crippen LogP contribution is 2.33. The molecule has 0 saturated heterocycles. The van der Waals surface area contributed by atoms with Crippen LogP contribution in [0.2, 0.25) is 0 Å². The Balaban J connectivity index is 2.54. The molecule has 2 aromatic rings. The maximum atomic E-state index is 13.0. The van der Waals surface area contributed by atoms with Gasteiger partial charge in [-0.1, -0.05) is 0 Å². The van der Waals surface area contributed by atoms with Gasteiger partial charge < -0.3 is 4.98 Å². The predicted molar refractivity (Wildman–Crippen MR) is 55.3 cm³/mol. The van der Waals surface area contributed by atoms with E-state index in [1.807, 2.05) is 0 Å². The minimum Gasteiger partial charge on any atom is -0.326 e. The van der Waals surface area contributed by atoms with Crippen LogP contribution in [0.15, 0.2) is 35.4 Å². The molecule has 0 spiro atoms. The zero-order chi connectivity index (χ0) is 13.3. The smallest absolute Gasteiger partial charge is 0.326 e. The van der Waals surface area contributed by atoms with E-state index in [1.165, 1.54) is 0 Å². The number of hydrogen-bond acceptors (Lipinski definition) is 2. The molecular weight excluding hydrogens is 252 g/mol. The van der Waals surface area contributed by atoms with Gasteiger partial charge in [0.25, 0.3) is 5.56 Å². The SMILES string of the molecule is O=c1cnc(-c2ccc(F)c(C(F)(F)F)c2)c[nH]1. The van der Waals surface area contributed by atoms with Crippen LogP contribution < -0.4 is 5.56 Å². The van der Waals surface area contributed by atoms with Crippen molar-refractivity contribution in [2.75, 3.05) is 0 Å². The first-order valence-corrected chi connectivity index (χ1v) is 4.80. The van der Waals surface area contributed by atoms with Crippen LogP contribution in [0.4, 0.5) is 17.6 Å². The molecule has 3 nitrogen and oxygen atoms in total. The van der Waals surface area contributed by atoms with E-state index in [2.05, 4.69) is 9.97 Å². The van der Waals surface area contributed by atoms with Crippen LogP contribution in [-0.4, -0.2) is 9.97 Å². The number of alkyl halides is 3. The van der Waals surface area contributed by atoms with Crippen LogP contribution >= 0.6 is 0 Å². The summed E-state index contributed by atoms with van der Waals surface area (Å²) in [5, 5.41) is 0. The fraction of sp³-hybridized carbons (Fsp3) is 0.0909. The first-order chi connectivity index (χ1) is 8.38. The fourth-order valence-electron chi connectivity index (χ4n) is 1.40. The second-order valence-corrected chi connectivity index (χ2v) is 3.49. The molecule has 0 saturated carbocycles. The Morgan fingerprint density at radius 2 is 1.94 bits per heavy atom. The molecule has 0 fully saturated rings. The minimum absolute atomic E-state index is 0.0694. The monoisotopic (exact) mass is 258 g/mol. The standard InChI is InChI=1S/C11H6F4N2O/c12-8-2-1-6(3-7(8)11(13,14)15)9-4-17-10(18)5-16-9/h1-5H,(H,17,18). The summed E-state index contributed by atoms with van der Waals surface area (Å²) in [7, 11) is 0. The largest absolute Gasteiger partial charge is 0.419 e. The number of hydrogen-bond donors (Lipinski definition) is 1. The second-order valence-electron chi connectivity index (χ2n) is 3.49. The van der Waals surface area contributed by atoms with Gasteiger partial charge in [-0.3, -0.25) is 4.79 Å². The van der Waals surface area contributed by atoms with Crippen LogP contribution in [0.25, 0.3) is 11.3 Å². The van der Waals surface area contributed by atoms with Gasteiger partial charge in [0.1, 0.15) is 5.82 Å². The maximum Gasteiger partial charge on any atom is 0.419 e. The van der Waals surface area contributed by atoms with Crippen molar-refractivity contribution in [1.29, 1.82) is 0 Å². The molecule has 18 heavy (non-hydrogen) atoms. The normalized spacial score (nSPS) is 11.6. The summed E-state index contributed by atoms with van der Waals surface area (Å²) in [4.78, 5) is 16.7. The number of rotatable bonds is 1. The van der Waals surface area contributed by atoms with Crippen LogP contribution in [0, 0.1) is 5.82 Å².